The Morgan fingerprint density at radius 2 is 2.23 bits per heavy atom. The second-order valence-electron chi connectivity index (χ2n) is 3.10. The number of pyridine rings is 1. The van der Waals surface area contributed by atoms with Crippen LogP contribution in [0.4, 0.5) is 5.82 Å². The summed E-state index contributed by atoms with van der Waals surface area (Å²) < 4.78 is 0. The molecule has 1 heterocycles. The topological polar surface area (TPSA) is 62.4 Å². The minimum Gasteiger partial charge on any atom is -0.387 e. The van der Waals surface area contributed by atoms with Crippen molar-refractivity contribution in [3.63, 3.8) is 0 Å². The Hall–Kier alpha value is -1.13. The van der Waals surface area contributed by atoms with Crippen LogP contribution in [0.3, 0.4) is 0 Å². The molecule has 0 amide bonds. The van der Waals surface area contributed by atoms with E-state index in [1.54, 1.807) is 6.20 Å². The predicted molar refractivity (Wildman–Crippen MR) is 52.6 cm³/mol. The molecule has 4 nitrogen and oxygen atoms in total. The quantitative estimate of drug-likeness (QED) is 0.696. The maximum absolute atomic E-state index is 9.38. The minimum absolute atomic E-state index is 0.225. The number of anilines is 1. The van der Waals surface area contributed by atoms with Gasteiger partial charge in [-0.1, -0.05) is 6.07 Å². The standard InChI is InChI=1S/C9H15N3O/c1-12(2)9-4-3-7(6-11-9)8(13)5-10/h3-4,6,8,13H,5,10H2,1-2H3/t8-/m1/s1. The number of rotatable bonds is 3. The summed E-state index contributed by atoms with van der Waals surface area (Å²) in [6.07, 6.45) is 1.04. The van der Waals surface area contributed by atoms with Crippen LogP contribution in [-0.2, 0) is 0 Å². The zero-order chi connectivity index (χ0) is 9.84. The largest absolute Gasteiger partial charge is 0.387 e. The molecule has 1 rings (SSSR count). The third-order valence-corrected chi connectivity index (χ3v) is 1.84. The predicted octanol–water partition coefficient (Wildman–Crippen LogP) is 0.140. The van der Waals surface area contributed by atoms with Crippen LogP contribution in [0.5, 0.6) is 0 Å². The van der Waals surface area contributed by atoms with Gasteiger partial charge in [-0.3, -0.25) is 0 Å². The molecule has 0 aliphatic heterocycles. The van der Waals surface area contributed by atoms with Gasteiger partial charge in [-0.2, -0.15) is 0 Å². The maximum atomic E-state index is 9.38. The van der Waals surface area contributed by atoms with Gasteiger partial charge in [0.25, 0.3) is 0 Å². The van der Waals surface area contributed by atoms with Gasteiger partial charge in [-0.15, -0.1) is 0 Å². The number of nitrogens with zero attached hydrogens (tertiary/aromatic N) is 2. The van der Waals surface area contributed by atoms with Crippen molar-refractivity contribution in [2.45, 2.75) is 6.10 Å². The van der Waals surface area contributed by atoms with E-state index >= 15 is 0 Å². The first-order valence-electron chi connectivity index (χ1n) is 4.16. The summed E-state index contributed by atoms with van der Waals surface area (Å²) in [7, 11) is 3.84. The second-order valence-corrected chi connectivity index (χ2v) is 3.10. The molecular formula is C9H15N3O. The normalized spacial score (nSPS) is 12.6. The van der Waals surface area contributed by atoms with E-state index in [0.29, 0.717) is 0 Å². The Bertz CT molecular complexity index is 258. The van der Waals surface area contributed by atoms with E-state index in [-0.39, 0.29) is 6.54 Å². The summed E-state index contributed by atoms with van der Waals surface area (Å²) in [5.74, 6) is 0.868. The lowest BCUT2D eigenvalue weighted by Gasteiger charge is -2.12. The van der Waals surface area contributed by atoms with Crippen LogP contribution in [0.15, 0.2) is 18.3 Å². The molecule has 1 atom stereocenters. The summed E-state index contributed by atoms with van der Waals surface area (Å²) >= 11 is 0. The molecule has 0 aliphatic rings. The molecule has 1 aromatic rings. The highest BCUT2D eigenvalue weighted by molar-refractivity contribution is 5.37. The fourth-order valence-corrected chi connectivity index (χ4v) is 0.995. The van der Waals surface area contributed by atoms with Gasteiger partial charge in [-0.05, 0) is 6.07 Å². The van der Waals surface area contributed by atoms with Crippen LogP contribution >= 0.6 is 0 Å². The molecule has 0 spiro atoms. The Kier molecular flexibility index (Phi) is 3.22. The summed E-state index contributed by atoms with van der Waals surface area (Å²) in [5.41, 5.74) is 6.07. The highest BCUT2D eigenvalue weighted by atomic mass is 16.3. The number of hydrogen-bond acceptors (Lipinski definition) is 4. The molecule has 0 saturated carbocycles. The van der Waals surface area contributed by atoms with Crippen molar-refractivity contribution in [1.82, 2.24) is 4.98 Å². The Morgan fingerprint density at radius 1 is 1.54 bits per heavy atom. The highest BCUT2D eigenvalue weighted by Gasteiger charge is 2.05. The van der Waals surface area contributed by atoms with Crippen molar-refractivity contribution < 1.29 is 5.11 Å². The van der Waals surface area contributed by atoms with E-state index in [0.717, 1.165) is 11.4 Å². The van der Waals surface area contributed by atoms with Crippen LogP contribution in [0, 0.1) is 0 Å². The average molecular weight is 181 g/mol. The molecule has 3 N–H and O–H groups in total. The van der Waals surface area contributed by atoms with Crippen molar-refractivity contribution in [1.29, 1.82) is 0 Å². The summed E-state index contributed by atoms with van der Waals surface area (Å²) in [4.78, 5) is 6.06. The maximum Gasteiger partial charge on any atom is 0.127 e. The van der Waals surface area contributed by atoms with Crippen LogP contribution < -0.4 is 10.6 Å². The Balaban J connectivity index is 2.81. The molecule has 0 bridgehead atoms. The SMILES string of the molecule is CN(C)c1ccc([C@H](O)CN)cn1. The van der Waals surface area contributed by atoms with Crippen molar-refractivity contribution in [2.24, 2.45) is 5.73 Å². The highest BCUT2D eigenvalue weighted by Crippen LogP contribution is 2.13. The number of aliphatic hydroxyl groups is 1. The molecule has 0 saturated heterocycles. The monoisotopic (exact) mass is 181 g/mol. The Morgan fingerprint density at radius 3 is 2.62 bits per heavy atom. The molecule has 1 aromatic heterocycles. The summed E-state index contributed by atoms with van der Waals surface area (Å²) in [6, 6.07) is 3.69. The number of aliphatic hydroxyl groups excluding tert-OH is 1. The Labute approximate surface area is 78.0 Å². The van der Waals surface area contributed by atoms with Crippen LogP contribution in [0.2, 0.25) is 0 Å². The van der Waals surface area contributed by atoms with Crippen LogP contribution in [0.25, 0.3) is 0 Å². The molecule has 4 heteroatoms. The van der Waals surface area contributed by atoms with Gasteiger partial charge in [-0.25, -0.2) is 4.98 Å². The molecule has 0 unspecified atom stereocenters. The average Bonchev–Trinajstić information content (AvgIpc) is 2.17. The van der Waals surface area contributed by atoms with E-state index in [9.17, 15) is 5.11 Å². The molecule has 13 heavy (non-hydrogen) atoms. The van der Waals surface area contributed by atoms with Crippen molar-refractivity contribution in [3.8, 4) is 0 Å². The molecule has 0 aromatic carbocycles. The van der Waals surface area contributed by atoms with Crippen LogP contribution in [-0.4, -0.2) is 30.7 Å². The first-order valence-corrected chi connectivity index (χ1v) is 4.16. The van der Waals surface area contributed by atoms with Gasteiger partial charge < -0.3 is 15.7 Å². The third kappa shape index (κ3) is 2.40. The number of nitrogens with two attached hydrogens (primary N) is 1. The van der Waals surface area contributed by atoms with E-state index in [1.807, 2.05) is 31.1 Å². The van der Waals surface area contributed by atoms with Gasteiger partial charge in [0.1, 0.15) is 5.82 Å². The van der Waals surface area contributed by atoms with E-state index in [1.165, 1.54) is 0 Å². The van der Waals surface area contributed by atoms with Crippen LogP contribution in [0.1, 0.15) is 11.7 Å². The third-order valence-electron chi connectivity index (χ3n) is 1.84. The van der Waals surface area contributed by atoms with Crippen molar-refractivity contribution >= 4 is 5.82 Å². The van der Waals surface area contributed by atoms with Gasteiger partial charge in [0.2, 0.25) is 0 Å². The van der Waals surface area contributed by atoms with Crippen molar-refractivity contribution in [2.75, 3.05) is 25.5 Å². The second kappa shape index (κ2) is 4.20. The lowest BCUT2D eigenvalue weighted by atomic mass is 10.1. The summed E-state index contributed by atoms with van der Waals surface area (Å²) in [5, 5.41) is 9.38. The summed E-state index contributed by atoms with van der Waals surface area (Å²) in [6.45, 7) is 0.225. The zero-order valence-electron chi connectivity index (χ0n) is 7.94. The van der Waals surface area contributed by atoms with Gasteiger partial charge >= 0.3 is 0 Å². The molecular weight excluding hydrogens is 166 g/mol. The molecule has 0 radical (unpaired) electrons. The van der Waals surface area contributed by atoms with E-state index in [2.05, 4.69) is 4.98 Å². The fourth-order valence-electron chi connectivity index (χ4n) is 0.995. The first kappa shape index (κ1) is 9.95. The first-order chi connectivity index (χ1) is 6.15. The van der Waals surface area contributed by atoms with Gasteiger partial charge in [0.15, 0.2) is 0 Å². The van der Waals surface area contributed by atoms with E-state index in [4.69, 9.17) is 5.73 Å². The molecule has 72 valence electrons. The number of aromatic nitrogens is 1. The van der Waals surface area contributed by atoms with Gasteiger partial charge in [0.05, 0.1) is 6.10 Å². The van der Waals surface area contributed by atoms with Gasteiger partial charge in [0, 0.05) is 32.4 Å². The number of hydrogen-bond donors (Lipinski definition) is 2. The lowest BCUT2D eigenvalue weighted by molar-refractivity contribution is 0.186. The molecule has 0 aliphatic carbocycles. The smallest absolute Gasteiger partial charge is 0.127 e. The van der Waals surface area contributed by atoms with E-state index < -0.39 is 6.10 Å². The zero-order valence-corrected chi connectivity index (χ0v) is 7.94. The lowest BCUT2D eigenvalue weighted by Crippen LogP contribution is -2.13. The van der Waals surface area contributed by atoms with Crippen molar-refractivity contribution in [3.05, 3.63) is 23.9 Å². The molecule has 0 fully saturated rings. The fraction of sp³-hybridized carbons (Fsp3) is 0.444. The minimum atomic E-state index is -0.608.